The number of rotatable bonds is 2. The van der Waals surface area contributed by atoms with Crippen molar-refractivity contribution in [2.45, 2.75) is 0 Å². The smallest absolute Gasteiger partial charge is 0.183 e. The van der Waals surface area contributed by atoms with Gasteiger partial charge in [-0.3, -0.25) is 0 Å². The molecular formula is C10H9ClN4. The summed E-state index contributed by atoms with van der Waals surface area (Å²) in [5, 5.41) is 11.4. The minimum Gasteiger partial charge on any atom is -0.372 e. The summed E-state index contributed by atoms with van der Waals surface area (Å²) in [4.78, 5) is 4.26. The minimum absolute atomic E-state index is 0.582. The van der Waals surface area contributed by atoms with Gasteiger partial charge in [-0.15, -0.1) is 5.10 Å². The van der Waals surface area contributed by atoms with Crippen molar-refractivity contribution >= 4 is 17.4 Å². The summed E-state index contributed by atoms with van der Waals surface area (Å²) < 4.78 is 0. The first-order valence-electron chi connectivity index (χ1n) is 4.43. The summed E-state index contributed by atoms with van der Waals surface area (Å²) >= 11 is 5.79. The second-order valence-electron chi connectivity index (χ2n) is 2.92. The third-order valence-corrected chi connectivity index (χ3v) is 2.17. The maximum Gasteiger partial charge on any atom is 0.183 e. The van der Waals surface area contributed by atoms with E-state index in [1.807, 2.05) is 12.1 Å². The van der Waals surface area contributed by atoms with Gasteiger partial charge in [0.1, 0.15) is 5.82 Å². The zero-order valence-corrected chi connectivity index (χ0v) is 8.86. The molecule has 0 aliphatic heterocycles. The molecule has 2 rings (SSSR count). The van der Waals surface area contributed by atoms with Crippen LogP contribution in [0.3, 0.4) is 0 Å². The average Bonchev–Trinajstić information content (AvgIpc) is 2.30. The molecule has 0 aliphatic rings. The van der Waals surface area contributed by atoms with Crippen LogP contribution in [0.5, 0.6) is 0 Å². The molecule has 5 heteroatoms. The normalized spacial score (nSPS) is 10.0. The lowest BCUT2D eigenvalue weighted by atomic mass is 10.2. The molecule has 0 radical (unpaired) electrons. The van der Waals surface area contributed by atoms with Gasteiger partial charge in [-0.1, -0.05) is 11.6 Å². The van der Waals surface area contributed by atoms with Crippen LogP contribution < -0.4 is 5.32 Å². The SMILES string of the molecule is CNc1cnnc(-c2ccc(Cl)cc2)n1. The van der Waals surface area contributed by atoms with Crippen LogP contribution in [0.2, 0.25) is 5.02 Å². The summed E-state index contributed by atoms with van der Waals surface area (Å²) in [5.74, 6) is 1.27. The molecule has 1 aromatic carbocycles. The van der Waals surface area contributed by atoms with Crippen LogP contribution in [0.15, 0.2) is 30.5 Å². The maximum absolute atomic E-state index is 5.79. The highest BCUT2D eigenvalue weighted by Gasteiger charge is 2.02. The van der Waals surface area contributed by atoms with E-state index in [1.165, 1.54) is 0 Å². The van der Waals surface area contributed by atoms with Gasteiger partial charge in [0, 0.05) is 17.6 Å². The lowest BCUT2D eigenvalue weighted by Gasteiger charge is -2.01. The third-order valence-electron chi connectivity index (χ3n) is 1.92. The van der Waals surface area contributed by atoms with Crippen LogP contribution in [0, 0.1) is 0 Å². The fraction of sp³-hybridized carbons (Fsp3) is 0.100. The fourth-order valence-electron chi connectivity index (χ4n) is 1.15. The second kappa shape index (κ2) is 4.23. The van der Waals surface area contributed by atoms with Gasteiger partial charge in [-0.2, -0.15) is 5.10 Å². The van der Waals surface area contributed by atoms with Gasteiger partial charge in [0.2, 0.25) is 0 Å². The van der Waals surface area contributed by atoms with Crippen molar-refractivity contribution in [3.05, 3.63) is 35.5 Å². The predicted octanol–water partition coefficient (Wildman–Crippen LogP) is 2.23. The fourth-order valence-corrected chi connectivity index (χ4v) is 1.27. The van der Waals surface area contributed by atoms with Crippen LogP contribution in [0.1, 0.15) is 0 Å². The number of nitrogens with one attached hydrogen (secondary N) is 1. The van der Waals surface area contributed by atoms with Gasteiger partial charge < -0.3 is 5.32 Å². The summed E-state index contributed by atoms with van der Waals surface area (Å²) in [7, 11) is 1.79. The van der Waals surface area contributed by atoms with Gasteiger partial charge in [0.15, 0.2) is 5.82 Å². The summed E-state index contributed by atoms with van der Waals surface area (Å²) in [6, 6.07) is 7.32. The van der Waals surface area contributed by atoms with Gasteiger partial charge in [0.25, 0.3) is 0 Å². The van der Waals surface area contributed by atoms with Crippen LogP contribution in [-0.2, 0) is 0 Å². The number of halogens is 1. The molecule has 15 heavy (non-hydrogen) atoms. The minimum atomic E-state index is 0.582. The zero-order chi connectivity index (χ0) is 10.7. The lowest BCUT2D eigenvalue weighted by Crippen LogP contribution is -1.98. The van der Waals surface area contributed by atoms with Gasteiger partial charge in [-0.25, -0.2) is 4.98 Å². The first-order chi connectivity index (χ1) is 7.29. The van der Waals surface area contributed by atoms with E-state index in [2.05, 4.69) is 20.5 Å². The van der Waals surface area contributed by atoms with Gasteiger partial charge >= 0.3 is 0 Å². The molecule has 0 bridgehead atoms. The van der Waals surface area contributed by atoms with E-state index in [1.54, 1.807) is 25.4 Å². The topological polar surface area (TPSA) is 50.7 Å². The Morgan fingerprint density at radius 1 is 1.20 bits per heavy atom. The Balaban J connectivity index is 2.40. The van der Waals surface area contributed by atoms with Crippen molar-refractivity contribution in [2.75, 3.05) is 12.4 Å². The van der Waals surface area contributed by atoms with Crippen molar-refractivity contribution in [3.63, 3.8) is 0 Å². The van der Waals surface area contributed by atoms with Crippen molar-refractivity contribution in [1.82, 2.24) is 15.2 Å². The molecule has 0 amide bonds. The van der Waals surface area contributed by atoms with Crippen LogP contribution in [0.25, 0.3) is 11.4 Å². The molecule has 0 saturated heterocycles. The van der Waals surface area contributed by atoms with E-state index in [0.717, 1.165) is 5.56 Å². The number of hydrogen-bond donors (Lipinski definition) is 1. The monoisotopic (exact) mass is 220 g/mol. The molecule has 0 fully saturated rings. The molecule has 1 aromatic heterocycles. The maximum atomic E-state index is 5.79. The molecule has 0 unspecified atom stereocenters. The largest absolute Gasteiger partial charge is 0.372 e. The first kappa shape index (κ1) is 9.86. The lowest BCUT2D eigenvalue weighted by molar-refractivity contribution is 0.981. The quantitative estimate of drug-likeness (QED) is 0.843. The van der Waals surface area contributed by atoms with Gasteiger partial charge in [-0.05, 0) is 24.3 Å². The Labute approximate surface area is 92.3 Å². The molecule has 1 N–H and O–H groups in total. The summed E-state index contributed by atoms with van der Waals surface area (Å²) in [6.45, 7) is 0. The van der Waals surface area contributed by atoms with E-state index in [4.69, 9.17) is 11.6 Å². The van der Waals surface area contributed by atoms with Crippen LogP contribution >= 0.6 is 11.6 Å². The number of benzene rings is 1. The molecule has 0 spiro atoms. The number of anilines is 1. The van der Waals surface area contributed by atoms with E-state index in [0.29, 0.717) is 16.7 Å². The summed E-state index contributed by atoms with van der Waals surface area (Å²) in [6.07, 6.45) is 1.57. The summed E-state index contributed by atoms with van der Waals surface area (Å²) in [5.41, 5.74) is 0.893. The van der Waals surface area contributed by atoms with Crippen molar-refractivity contribution in [2.24, 2.45) is 0 Å². The van der Waals surface area contributed by atoms with E-state index in [9.17, 15) is 0 Å². The number of nitrogens with zero attached hydrogens (tertiary/aromatic N) is 3. The van der Waals surface area contributed by atoms with E-state index in [-0.39, 0.29) is 0 Å². The molecule has 0 saturated carbocycles. The molecule has 1 heterocycles. The van der Waals surface area contributed by atoms with Crippen molar-refractivity contribution < 1.29 is 0 Å². The Kier molecular flexibility index (Phi) is 2.78. The number of hydrogen-bond acceptors (Lipinski definition) is 4. The van der Waals surface area contributed by atoms with Gasteiger partial charge in [0.05, 0.1) is 6.20 Å². The zero-order valence-electron chi connectivity index (χ0n) is 8.11. The van der Waals surface area contributed by atoms with Crippen LogP contribution in [0.4, 0.5) is 5.82 Å². The highest BCUT2D eigenvalue weighted by molar-refractivity contribution is 6.30. The Bertz CT molecular complexity index is 455. The highest BCUT2D eigenvalue weighted by Crippen LogP contribution is 2.17. The average molecular weight is 221 g/mol. The van der Waals surface area contributed by atoms with Crippen molar-refractivity contribution in [3.8, 4) is 11.4 Å². The Hall–Kier alpha value is -1.68. The Morgan fingerprint density at radius 3 is 2.60 bits per heavy atom. The van der Waals surface area contributed by atoms with E-state index >= 15 is 0 Å². The second-order valence-corrected chi connectivity index (χ2v) is 3.36. The van der Waals surface area contributed by atoms with E-state index < -0.39 is 0 Å². The number of aromatic nitrogens is 3. The predicted molar refractivity (Wildman–Crippen MR) is 59.8 cm³/mol. The molecule has 4 nitrogen and oxygen atoms in total. The standard InChI is InChI=1S/C10H9ClN4/c1-12-9-6-13-15-10(14-9)7-2-4-8(11)5-3-7/h2-6H,1H3,(H,12,14,15). The van der Waals surface area contributed by atoms with Crippen LogP contribution in [-0.4, -0.2) is 22.2 Å². The molecular weight excluding hydrogens is 212 g/mol. The molecule has 0 atom stereocenters. The molecule has 2 aromatic rings. The van der Waals surface area contributed by atoms with Crippen molar-refractivity contribution in [1.29, 1.82) is 0 Å². The molecule has 0 aliphatic carbocycles. The molecule has 76 valence electrons. The third kappa shape index (κ3) is 2.22. The first-order valence-corrected chi connectivity index (χ1v) is 4.81. The highest BCUT2D eigenvalue weighted by atomic mass is 35.5. The Morgan fingerprint density at radius 2 is 1.93 bits per heavy atom.